The third-order valence-corrected chi connectivity index (χ3v) is 5.69. The van der Waals surface area contributed by atoms with Gasteiger partial charge in [-0.1, -0.05) is 50.4 Å². The zero-order valence-electron chi connectivity index (χ0n) is 11.9. The fourth-order valence-electron chi connectivity index (χ4n) is 2.74. The minimum absolute atomic E-state index is 0.740. The highest BCUT2D eigenvalue weighted by molar-refractivity contribution is 8.00. The minimum atomic E-state index is 0.740. The summed E-state index contributed by atoms with van der Waals surface area (Å²) in [5.41, 5.74) is 1.34. The number of benzene rings is 1. The summed E-state index contributed by atoms with van der Waals surface area (Å²) < 4.78 is 0. The second kappa shape index (κ2) is 7.56. The van der Waals surface area contributed by atoms with Crippen molar-refractivity contribution in [1.29, 1.82) is 0 Å². The van der Waals surface area contributed by atoms with Gasteiger partial charge >= 0.3 is 0 Å². The summed E-state index contributed by atoms with van der Waals surface area (Å²) in [5, 5.41) is 5.06. The Labute approximate surface area is 126 Å². The molecule has 2 unspecified atom stereocenters. The molecule has 1 N–H and O–H groups in total. The Morgan fingerprint density at radius 2 is 2.21 bits per heavy atom. The zero-order valence-corrected chi connectivity index (χ0v) is 13.5. The Kier molecular flexibility index (Phi) is 6.06. The van der Waals surface area contributed by atoms with Crippen LogP contribution in [0.5, 0.6) is 0 Å². The topological polar surface area (TPSA) is 12.0 Å². The van der Waals surface area contributed by atoms with Crippen molar-refractivity contribution in [2.24, 2.45) is 5.92 Å². The van der Waals surface area contributed by atoms with Gasteiger partial charge in [0.2, 0.25) is 0 Å². The Hall–Kier alpha value is -0.180. The van der Waals surface area contributed by atoms with E-state index in [1.54, 1.807) is 0 Å². The van der Waals surface area contributed by atoms with Gasteiger partial charge in [-0.3, -0.25) is 0 Å². The van der Waals surface area contributed by atoms with Crippen LogP contribution in [0.1, 0.15) is 45.1 Å². The normalized spacial score (nSPS) is 23.5. The van der Waals surface area contributed by atoms with Gasteiger partial charge in [-0.2, -0.15) is 0 Å². The molecule has 0 amide bonds. The number of hydrogen-bond acceptors (Lipinski definition) is 2. The lowest BCUT2D eigenvalue weighted by Crippen LogP contribution is -2.16. The van der Waals surface area contributed by atoms with Crippen molar-refractivity contribution >= 4 is 23.4 Å². The van der Waals surface area contributed by atoms with Gasteiger partial charge in [0.1, 0.15) is 0 Å². The molecular weight excluding hydrogens is 274 g/mol. The fraction of sp³-hybridized carbons (Fsp3) is 0.625. The Morgan fingerprint density at radius 1 is 1.37 bits per heavy atom. The molecule has 1 aromatic carbocycles. The summed E-state index contributed by atoms with van der Waals surface area (Å²) in [5.74, 6) is 0.867. The van der Waals surface area contributed by atoms with Crippen LogP contribution in [-0.2, 0) is 6.54 Å². The SMILES string of the molecule is CCNCc1cccc(Cl)c1SC1CCCC(C)C1. The second-order valence-electron chi connectivity index (χ2n) is 5.52. The first-order chi connectivity index (χ1) is 9.20. The summed E-state index contributed by atoms with van der Waals surface area (Å²) in [7, 11) is 0. The summed E-state index contributed by atoms with van der Waals surface area (Å²) >= 11 is 8.42. The summed E-state index contributed by atoms with van der Waals surface area (Å²) in [6, 6.07) is 6.28. The molecule has 0 heterocycles. The number of thioether (sulfide) groups is 1. The molecule has 0 radical (unpaired) electrons. The molecule has 1 saturated carbocycles. The van der Waals surface area contributed by atoms with E-state index in [2.05, 4.69) is 31.3 Å². The highest BCUT2D eigenvalue weighted by atomic mass is 35.5. The van der Waals surface area contributed by atoms with E-state index in [-0.39, 0.29) is 0 Å². The van der Waals surface area contributed by atoms with E-state index in [4.69, 9.17) is 11.6 Å². The Bertz CT molecular complexity index is 408. The summed E-state index contributed by atoms with van der Waals surface area (Å²) in [6.07, 6.45) is 5.42. The standard InChI is InChI=1S/C16H24ClNS/c1-3-18-11-13-7-5-9-15(17)16(13)19-14-8-4-6-12(2)10-14/h5,7,9,12,14,18H,3-4,6,8,10-11H2,1-2H3. The van der Waals surface area contributed by atoms with E-state index in [0.29, 0.717) is 0 Å². The lowest BCUT2D eigenvalue weighted by Gasteiger charge is -2.27. The predicted molar refractivity (Wildman–Crippen MR) is 86.1 cm³/mol. The smallest absolute Gasteiger partial charge is 0.0545 e. The van der Waals surface area contributed by atoms with E-state index in [1.165, 1.54) is 36.1 Å². The maximum absolute atomic E-state index is 6.42. The van der Waals surface area contributed by atoms with Crippen molar-refractivity contribution in [1.82, 2.24) is 5.32 Å². The lowest BCUT2D eigenvalue weighted by molar-refractivity contribution is 0.394. The van der Waals surface area contributed by atoms with E-state index < -0.39 is 0 Å². The average Bonchev–Trinajstić information content (AvgIpc) is 2.39. The van der Waals surface area contributed by atoms with Crippen molar-refractivity contribution in [2.45, 2.75) is 56.2 Å². The molecule has 1 aromatic rings. The number of halogens is 1. The molecule has 1 fully saturated rings. The molecule has 1 aliphatic rings. The van der Waals surface area contributed by atoms with E-state index in [1.807, 2.05) is 17.8 Å². The third-order valence-electron chi connectivity index (χ3n) is 3.79. The molecule has 2 atom stereocenters. The van der Waals surface area contributed by atoms with Gasteiger partial charge in [-0.05, 0) is 36.9 Å². The zero-order chi connectivity index (χ0) is 13.7. The van der Waals surface area contributed by atoms with Crippen LogP contribution in [0.3, 0.4) is 0 Å². The van der Waals surface area contributed by atoms with Crippen LogP contribution in [0.15, 0.2) is 23.1 Å². The van der Waals surface area contributed by atoms with Crippen LogP contribution in [0.25, 0.3) is 0 Å². The second-order valence-corrected chi connectivity index (χ2v) is 7.24. The summed E-state index contributed by atoms with van der Waals surface area (Å²) in [6.45, 7) is 6.43. The molecule has 0 bridgehead atoms. The van der Waals surface area contributed by atoms with Crippen molar-refractivity contribution < 1.29 is 0 Å². The van der Waals surface area contributed by atoms with Crippen LogP contribution in [0, 0.1) is 5.92 Å². The first-order valence-corrected chi connectivity index (χ1v) is 8.61. The van der Waals surface area contributed by atoms with Crippen molar-refractivity contribution in [3.63, 3.8) is 0 Å². The molecule has 19 heavy (non-hydrogen) atoms. The molecule has 2 rings (SSSR count). The molecule has 1 aliphatic carbocycles. The quantitative estimate of drug-likeness (QED) is 0.809. The minimum Gasteiger partial charge on any atom is -0.313 e. The molecule has 0 saturated heterocycles. The maximum atomic E-state index is 6.42. The van der Waals surface area contributed by atoms with Crippen molar-refractivity contribution in [2.75, 3.05) is 6.54 Å². The van der Waals surface area contributed by atoms with Crippen LogP contribution in [-0.4, -0.2) is 11.8 Å². The lowest BCUT2D eigenvalue weighted by atomic mass is 9.91. The molecular formula is C16H24ClNS. The van der Waals surface area contributed by atoms with Crippen LogP contribution in [0.2, 0.25) is 5.02 Å². The van der Waals surface area contributed by atoms with Crippen LogP contribution < -0.4 is 5.32 Å². The molecule has 0 aromatic heterocycles. The largest absolute Gasteiger partial charge is 0.313 e. The van der Waals surface area contributed by atoms with Crippen molar-refractivity contribution in [3.8, 4) is 0 Å². The maximum Gasteiger partial charge on any atom is 0.0545 e. The van der Waals surface area contributed by atoms with Crippen LogP contribution >= 0.6 is 23.4 Å². The molecule has 106 valence electrons. The van der Waals surface area contributed by atoms with Gasteiger partial charge in [-0.15, -0.1) is 11.8 Å². The number of rotatable bonds is 5. The molecule has 3 heteroatoms. The summed E-state index contributed by atoms with van der Waals surface area (Å²) in [4.78, 5) is 1.30. The monoisotopic (exact) mass is 297 g/mol. The third kappa shape index (κ3) is 4.40. The van der Waals surface area contributed by atoms with Gasteiger partial charge in [0.25, 0.3) is 0 Å². The molecule has 0 spiro atoms. The first kappa shape index (κ1) is 15.2. The van der Waals surface area contributed by atoms with E-state index >= 15 is 0 Å². The van der Waals surface area contributed by atoms with Gasteiger partial charge in [0, 0.05) is 16.7 Å². The van der Waals surface area contributed by atoms with Gasteiger partial charge in [0.05, 0.1) is 5.02 Å². The van der Waals surface area contributed by atoms with E-state index in [0.717, 1.165) is 29.3 Å². The Morgan fingerprint density at radius 3 is 2.95 bits per heavy atom. The van der Waals surface area contributed by atoms with Gasteiger partial charge in [-0.25, -0.2) is 0 Å². The highest BCUT2D eigenvalue weighted by Gasteiger charge is 2.21. The fourth-order valence-corrected chi connectivity index (χ4v) is 4.58. The van der Waals surface area contributed by atoms with Gasteiger partial charge in [0.15, 0.2) is 0 Å². The first-order valence-electron chi connectivity index (χ1n) is 7.35. The predicted octanol–water partition coefficient (Wildman–Crippen LogP) is 5.12. The van der Waals surface area contributed by atoms with E-state index in [9.17, 15) is 0 Å². The average molecular weight is 298 g/mol. The van der Waals surface area contributed by atoms with Gasteiger partial charge < -0.3 is 5.32 Å². The number of hydrogen-bond donors (Lipinski definition) is 1. The highest BCUT2D eigenvalue weighted by Crippen LogP contribution is 2.40. The number of nitrogens with one attached hydrogen (secondary N) is 1. The molecule has 1 nitrogen and oxygen atoms in total. The Balaban J connectivity index is 2.09. The van der Waals surface area contributed by atoms with Crippen molar-refractivity contribution in [3.05, 3.63) is 28.8 Å². The molecule has 0 aliphatic heterocycles. The van der Waals surface area contributed by atoms with Crippen LogP contribution in [0.4, 0.5) is 0 Å².